The topological polar surface area (TPSA) is 57.6 Å². The summed E-state index contributed by atoms with van der Waals surface area (Å²) < 4.78 is 24.4. The molecule has 3 heterocycles. The van der Waals surface area contributed by atoms with E-state index in [1.54, 1.807) is 17.1 Å². The van der Waals surface area contributed by atoms with E-state index in [0.717, 1.165) is 49.6 Å². The summed E-state index contributed by atoms with van der Waals surface area (Å²) in [4.78, 5) is 17.9. The average molecular weight is 439 g/mol. The van der Waals surface area contributed by atoms with Crippen LogP contribution in [-0.4, -0.2) is 72.5 Å². The Morgan fingerprint density at radius 2 is 1.75 bits per heavy atom. The highest BCUT2D eigenvalue weighted by molar-refractivity contribution is 6.03. The van der Waals surface area contributed by atoms with Gasteiger partial charge in [0.05, 0.1) is 18.3 Å². The fraction of sp³-hybridized carbons (Fsp3) is 0.417. The molecule has 3 aliphatic rings. The average Bonchev–Trinajstić information content (AvgIpc) is 3.47. The predicted octanol–water partition coefficient (Wildman–Crippen LogP) is 2.87. The molecular formula is C24H27FN4O3. The Balaban J connectivity index is 1.39. The highest BCUT2D eigenvalue weighted by Gasteiger charge is 2.35. The van der Waals surface area contributed by atoms with Crippen LogP contribution < -0.4 is 9.47 Å². The molecule has 2 aromatic carbocycles. The largest absolute Gasteiger partial charge is 0.454 e. The van der Waals surface area contributed by atoms with Crippen molar-refractivity contribution in [2.75, 3.05) is 46.1 Å². The Bertz CT molecular complexity index is 1020. The SMILES string of the molecule is CCN1CCN(CC(=O)N2N=C(c3ccc(F)cc3)CC2c2ccc3c(c2)OCO3)CC1. The van der Waals surface area contributed by atoms with E-state index < -0.39 is 0 Å². The maximum Gasteiger partial charge on any atom is 0.257 e. The van der Waals surface area contributed by atoms with E-state index in [4.69, 9.17) is 14.6 Å². The second-order valence-corrected chi connectivity index (χ2v) is 8.33. The number of carbonyl (C=O) groups is 1. The summed E-state index contributed by atoms with van der Waals surface area (Å²) in [6.45, 7) is 7.41. The van der Waals surface area contributed by atoms with E-state index in [-0.39, 0.29) is 24.6 Å². The van der Waals surface area contributed by atoms with Crippen LogP contribution in [0.3, 0.4) is 0 Å². The molecule has 0 aliphatic carbocycles. The Morgan fingerprint density at radius 3 is 2.50 bits per heavy atom. The smallest absolute Gasteiger partial charge is 0.257 e. The molecule has 2 aromatic rings. The molecule has 1 unspecified atom stereocenters. The van der Waals surface area contributed by atoms with Crippen molar-refractivity contribution in [2.24, 2.45) is 5.10 Å². The molecule has 7 nitrogen and oxygen atoms in total. The van der Waals surface area contributed by atoms with Crippen LogP contribution in [0.15, 0.2) is 47.6 Å². The quantitative estimate of drug-likeness (QED) is 0.719. The lowest BCUT2D eigenvalue weighted by molar-refractivity contribution is -0.134. The van der Waals surface area contributed by atoms with Crippen molar-refractivity contribution in [3.8, 4) is 11.5 Å². The number of hydrogen-bond donors (Lipinski definition) is 0. The van der Waals surface area contributed by atoms with Crippen LogP contribution in [0.5, 0.6) is 11.5 Å². The van der Waals surface area contributed by atoms with Gasteiger partial charge in [0.15, 0.2) is 11.5 Å². The summed E-state index contributed by atoms with van der Waals surface area (Å²) in [6.07, 6.45) is 0.556. The molecule has 0 aromatic heterocycles. The molecule has 0 N–H and O–H groups in total. The highest BCUT2D eigenvalue weighted by Crippen LogP contribution is 2.39. The van der Waals surface area contributed by atoms with Gasteiger partial charge in [-0.05, 0) is 41.9 Å². The fourth-order valence-electron chi connectivity index (χ4n) is 4.46. The molecule has 0 saturated carbocycles. The van der Waals surface area contributed by atoms with Gasteiger partial charge in [-0.25, -0.2) is 9.40 Å². The summed E-state index contributed by atoms with van der Waals surface area (Å²) in [5, 5.41) is 6.30. The molecule has 1 saturated heterocycles. The van der Waals surface area contributed by atoms with Gasteiger partial charge in [0.1, 0.15) is 5.82 Å². The van der Waals surface area contributed by atoms with Crippen LogP contribution in [0, 0.1) is 5.82 Å². The molecule has 1 amide bonds. The number of rotatable bonds is 5. The van der Waals surface area contributed by atoms with Gasteiger partial charge in [-0.1, -0.05) is 25.1 Å². The molecule has 0 radical (unpaired) electrons. The number of nitrogens with zero attached hydrogens (tertiary/aromatic N) is 4. The van der Waals surface area contributed by atoms with Crippen LogP contribution in [0.2, 0.25) is 0 Å². The Morgan fingerprint density at radius 1 is 1.03 bits per heavy atom. The Labute approximate surface area is 187 Å². The first-order valence-electron chi connectivity index (χ1n) is 11.1. The van der Waals surface area contributed by atoms with Crippen LogP contribution in [0.25, 0.3) is 0 Å². The third kappa shape index (κ3) is 4.20. The number of amides is 1. The van der Waals surface area contributed by atoms with Crippen molar-refractivity contribution in [3.05, 3.63) is 59.4 Å². The molecular weight excluding hydrogens is 411 g/mol. The van der Waals surface area contributed by atoms with E-state index in [1.165, 1.54) is 12.1 Å². The number of hydrazone groups is 1. The second-order valence-electron chi connectivity index (χ2n) is 8.33. The lowest BCUT2D eigenvalue weighted by Gasteiger charge is -2.34. The number of benzene rings is 2. The van der Waals surface area contributed by atoms with E-state index in [1.807, 2.05) is 18.2 Å². The molecule has 5 rings (SSSR count). The van der Waals surface area contributed by atoms with Crippen LogP contribution in [0.1, 0.15) is 30.5 Å². The molecule has 0 spiro atoms. The summed E-state index contributed by atoms with van der Waals surface area (Å²) in [5.41, 5.74) is 2.54. The predicted molar refractivity (Wildman–Crippen MR) is 118 cm³/mol. The van der Waals surface area contributed by atoms with Gasteiger partial charge in [-0.2, -0.15) is 5.10 Å². The minimum Gasteiger partial charge on any atom is -0.454 e. The zero-order valence-electron chi connectivity index (χ0n) is 18.2. The van der Waals surface area contributed by atoms with Crippen LogP contribution >= 0.6 is 0 Å². The Hall–Kier alpha value is -2.97. The van der Waals surface area contributed by atoms with Gasteiger partial charge >= 0.3 is 0 Å². The lowest BCUT2D eigenvalue weighted by Crippen LogP contribution is -2.49. The van der Waals surface area contributed by atoms with E-state index >= 15 is 0 Å². The van der Waals surface area contributed by atoms with Crippen molar-refractivity contribution in [1.29, 1.82) is 0 Å². The van der Waals surface area contributed by atoms with Gasteiger partial charge < -0.3 is 14.4 Å². The molecule has 32 heavy (non-hydrogen) atoms. The fourth-order valence-corrected chi connectivity index (χ4v) is 4.46. The normalized spacial score (nSPS) is 21.1. The van der Waals surface area contributed by atoms with Crippen molar-refractivity contribution in [1.82, 2.24) is 14.8 Å². The van der Waals surface area contributed by atoms with Crippen molar-refractivity contribution in [2.45, 2.75) is 19.4 Å². The van der Waals surface area contributed by atoms with Gasteiger partial charge in [0.2, 0.25) is 6.79 Å². The first-order chi connectivity index (χ1) is 15.6. The first kappa shape index (κ1) is 20.9. The zero-order valence-corrected chi connectivity index (χ0v) is 18.2. The van der Waals surface area contributed by atoms with Crippen LogP contribution in [-0.2, 0) is 4.79 Å². The van der Waals surface area contributed by atoms with Gasteiger partial charge in [0, 0.05) is 32.6 Å². The number of hydrogen-bond acceptors (Lipinski definition) is 6. The Kier molecular flexibility index (Phi) is 5.80. The lowest BCUT2D eigenvalue weighted by atomic mass is 9.98. The summed E-state index contributed by atoms with van der Waals surface area (Å²) in [5.74, 6) is 1.06. The highest BCUT2D eigenvalue weighted by atomic mass is 19.1. The zero-order chi connectivity index (χ0) is 22.1. The number of piperazine rings is 1. The van der Waals surface area contributed by atoms with Gasteiger partial charge in [-0.15, -0.1) is 0 Å². The molecule has 1 atom stereocenters. The number of likely N-dealkylation sites (N-methyl/N-ethyl adjacent to an activating group) is 1. The van der Waals surface area contributed by atoms with Crippen molar-refractivity contribution < 1.29 is 18.7 Å². The summed E-state index contributed by atoms with van der Waals surface area (Å²) >= 11 is 0. The van der Waals surface area contributed by atoms with Crippen LogP contribution in [0.4, 0.5) is 4.39 Å². The van der Waals surface area contributed by atoms with E-state index in [0.29, 0.717) is 24.5 Å². The molecule has 0 bridgehead atoms. The molecule has 8 heteroatoms. The minimum absolute atomic E-state index is 0.0327. The first-order valence-corrected chi connectivity index (χ1v) is 11.1. The van der Waals surface area contributed by atoms with Gasteiger partial charge in [-0.3, -0.25) is 9.69 Å². The summed E-state index contributed by atoms with van der Waals surface area (Å²) in [6, 6.07) is 11.8. The second kappa shape index (κ2) is 8.88. The van der Waals surface area contributed by atoms with Crippen molar-refractivity contribution >= 4 is 11.6 Å². The number of halogens is 1. The molecule has 168 valence electrons. The molecule has 3 aliphatic heterocycles. The third-order valence-electron chi connectivity index (χ3n) is 6.40. The molecule has 1 fully saturated rings. The van der Waals surface area contributed by atoms with Crippen molar-refractivity contribution in [3.63, 3.8) is 0 Å². The monoisotopic (exact) mass is 438 g/mol. The maximum atomic E-state index is 13.4. The third-order valence-corrected chi connectivity index (χ3v) is 6.40. The van der Waals surface area contributed by atoms with E-state index in [2.05, 4.69) is 16.7 Å². The minimum atomic E-state index is -0.293. The van der Waals surface area contributed by atoms with Gasteiger partial charge in [0.25, 0.3) is 5.91 Å². The summed E-state index contributed by atoms with van der Waals surface area (Å²) in [7, 11) is 0. The number of fused-ring (bicyclic) bond motifs is 1. The maximum absolute atomic E-state index is 13.4. The number of carbonyl (C=O) groups excluding carboxylic acids is 1. The van der Waals surface area contributed by atoms with E-state index in [9.17, 15) is 9.18 Å². The standard InChI is InChI=1S/C24H27FN4O3/c1-2-27-9-11-28(12-10-27)15-24(30)29-21(18-5-8-22-23(13-18)32-16-31-22)14-20(26-29)17-3-6-19(25)7-4-17/h3-8,13,21H,2,9-12,14-16H2,1H3. The number of ether oxygens (including phenoxy) is 2.